The molecule has 0 aromatic rings. The van der Waals surface area contributed by atoms with Crippen LogP contribution >= 0.6 is 0 Å². The Bertz CT molecular complexity index is 347. The van der Waals surface area contributed by atoms with Crippen molar-refractivity contribution in [1.29, 1.82) is 0 Å². The molecule has 0 aliphatic rings. The van der Waals surface area contributed by atoms with E-state index in [4.69, 9.17) is 11.2 Å². The molecule has 0 N–H and O–H groups in total. The van der Waals surface area contributed by atoms with Crippen LogP contribution in [0.15, 0.2) is 25.3 Å². The second kappa shape index (κ2) is 7.06. The minimum Gasteiger partial charge on any atom is -0.446 e. The Labute approximate surface area is 111 Å². The quantitative estimate of drug-likeness (QED) is 0.370. The van der Waals surface area contributed by atoms with Crippen molar-refractivity contribution < 1.29 is 9.53 Å². The Kier molecular flexibility index (Phi) is 6.47. The average molecular weight is 248 g/mol. The number of hydrogen-bond acceptors (Lipinski definition) is 2. The summed E-state index contributed by atoms with van der Waals surface area (Å²) in [4.78, 5) is 11.2. The zero-order valence-electron chi connectivity index (χ0n) is 11.8. The number of carbonyl (C=O) groups is 1. The zero-order chi connectivity index (χ0) is 14.2. The van der Waals surface area contributed by atoms with Gasteiger partial charge in [-0.05, 0) is 18.3 Å². The molecule has 2 nitrogen and oxygen atoms in total. The summed E-state index contributed by atoms with van der Waals surface area (Å²) in [5.41, 5.74) is -0.892. The van der Waals surface area contributed by atoms with E-state index in [2.05, 4.69) is 32.9 Å². The van der Waals surface area contributed by atoms with Crippen molar-refractivity contribution in [2.45, 2.75) is 52.1 Å². The highest BCUT2D eigenvalue weighted by Crippen LogP contribution is 2.36. The van der Waals surface area contributed by atoms with Gasteiger partial charge in [-0.25, -0.2) is 0 Å². The van der Waals surface area contributed by atoms with Gasteiger partial charge in [-0.2, -0.15) is 0 Å². The van der Waals surface area contributed by atoms with Crippen LogP contribution in [0.25, 0.3) is 0 Å². The van der Waals surface area contributed by atoms with Crippen LogP contribution in [0.5, 0.6) is 0 Å². The Morgan fingerprint density at radius 3 is 2.39 bits per heavy atom. The molecule has 0 spiro atoms. The highest BCUT2D eigenvalue weighted by atomic mass is 16.6. The Hall–Kier alpha value is -1.49. The van der Waals surface area contributed by atoms with Gasteiger partial charge in [-0.1, -0.05) is 31.9 Å². The molecule has 18 heavy (non-hydrogen) atoms. The van der Waals surface area contributed by atoms with Crippen molar-refractivity contribution in [2.24, 2.45) is 5.41 Å². The summed E-state index contributed by atoms with van der Waals surface area (Å²) in [6.07, 6.45) is 12.1. The lowest BCUT2D eigenvalue weighted by molar-refractivity contribution is -0.153. The summed E-state index contributed by atoms with van der Waals surface area (Å²) < 4.78 is 5.37. The monoisotopic (exact) mass is 248 g/mol. The standard InChI is InChI=1S/C16H24O2/c1-7-10-12-15(5,6)13-16(9-3,11-8-2)18-14(4)17/h3,7-8H,1-2,10-13H2,4-6H3. The van der Waals surface area contributed by atoms with E-state index in [0.29, 0.717) is 12.8 Å². The first-order chi connectivity index (χ1) is 8.31. The maximum Gasteiger partial charge on any atom is 0.304 e. The molecule has 0 heterocycles. The van der Waals surface area contributed by atoms with E-state index in [-0.39, 0.29) is 11.4 Å². The second-order valence-corrected chi connectivity index (χ2v) is 5.39. The lowest BCUT2D eigenvalue weighted by Gasteiger charge is -2.35. The zero-order valence-corrected chi connectivity index (χ0v) is 11.8. The van der Waals surface area contributed by atoms with E-state index in [9.17, 15) is 4.79 Å². The van der Waals surface area contributed by atoms with E-state index in [0.717, 1.165) is 12.8 Å². The molecule has 0 amide bonds. The maximum atomic E-state index is 11.2. The van der Waals surface area contributed by atoms with Gasteiger partial charge in [0, 0.05) is 19.8 Å². The van der Waals surface area contributed by atoms with Gasteiger partial charge >= 0.3 is 5.97 Å². The third-order valence-electron chi connectivity index (χ3n) is 2.87. The molecule has 0 saturated heterocycles. The van der Waals surface area contributed by atoms with Gasteiger partial charge in [0.1, 0.15) is 0 Å². The molecular weight excluding hydrogens is 224 g/mol. The van der Waals surface area contributed by atoms with Crippen molar-refractivity contribution in [3.63, 3.8) is 0 Å². The number of ether oxygens (including phenoxy) is 1. The molecule has 0 radical (unpaired) electrons. The highest BCUT2D eigenvalue weighted by molar-refractivity contribution is 5.67. The van der Waals surface area contributed by atoms with Crippen LogP contribution in [0.4, 0.5) is 0 Å². The largest absolute Gasteiger partial charge is 0.446 e. The minimum absolute atomic E-state index is 0.0149. The van der Waals surface area contributed by atoms with Crippen LogP contribution in [0.3, 0.4) is 0 Å². The predicted octanol–water partition coefficient (Wildman–Crippen LogP) is 3.88. The number of carbonyl (C=O) groups excluding carboxylic acids is 1. The Balaban J connectivity index is 4.97. The number of terminal acetylenes is 1. The van der Waals surface area contributed by atoms with Gasteiger partial charge in [0.05, 0.1) is 0 Å². The lowest BCUT2D eigenvalue weighted by atomic mass is 9.76. The van der Waals surface area contributed by atoms with Crippen molar-refractivity contribution >= 4 is 5.97 Å². The van der Waals surface area contributed by atoms with Gasteiger partial charge in [0.2, 0.25) is 0 Å². The topological polar surface area (TPSA) is 26.3 Å². The van der Waals surface area contributed by atoms with E-state index >= 15 is 0 Å². The molecular formula is C16H24O2. The molecule has 0 aliphatic heterocycles. The molecule has 0 saturated carbocycles. The maximum absolute atomic E-state index is 11.2. The second-order valence-electron chi connectivity index (χ2n) is 5.39. The normalized spacial score (nSPS) is 14.1. The molecule has 0 fully saturated rings. The lowest BCUT2D eigenvalue weighted by Crippen LogP contribution is -2.37. The molecule has 0 aromatic carbocycles. The Morgan fingerprint density at radius 2 is 2.00 bits per heavy atom. The SMILES string of the molecule is C#CC(CC=C)(CC(C)(C)CCC=C)OC(C)=O. The third-order valence-corrected chi connectivity index (χ3v) is 2.87. The van der Waals surface area contributed by atoms with Crippen LogP contribution in [0.1, 0.15) is 46.5 Å². The first kappa shape index (κ1) is 16.5. The van der Waals surface area contributed by atoms with Gasteiger partial charge in [-0.3, -0.25) is 4.79 Å². The van der Waals surface area contributed by atoms with Gasteiger partial charge in [0.25, 0.3) is 0 Å². The van der Waals surface area contributed by atoms with E-state index in [1.54, 1.807) is 6.08 Å². The molecule has 1 unspecified atom stereocenters. The van der Waals surface area contributed by atoms with Crippen molar-refractivity contribution in [1.82, 2.24) is 0 Å². The first-order valence-corrected chi connectivity index (χ1v) is 6.20. The van der Waals surface area contributed by atoms with Crippen molar-refractivity contribution in [3.8, 4) is 12.3 Å². The predicted molar refractivity (Wildman–Crippen MR) is 76.0 cm³/mol. The van der Waals surface area contributed by atoms with E-state index in [1.165, 1.54) is 6.92 Å². The van der Waals surface area contributed by atoms with E-state index < -0.39 is 5.60 Å². The fourth-order valence-electron chi connectivity index (χ4n) is 2.15. The minimum atomic E-state index is -0.877. The van der Waals surface area contributed by atoms with Crippen LogP contribution in [0.2, 0.25) is 0 Å². The highest BCUT2D eigenvalue weighted by Gasteiger charge is 2.36. The van der Waals surface area contributed by atoms with Gasteiger partial charge in [-0.15, -0.1) is 19.6 Å². The molecule has 1 atom stereocenters. The summed E-state index contributed by atoms with van der Waals surface area (Å²) in [5.74, 6) is 2.29. The number of hydrogen-bond donors (Lipinski definition) is 0. The van der Waals surface area contributed by atoms with E-state index in [1.807, 2.05) is 6.08 Å². The molecule has 0 bridgehead atoms. The number of rotatable bonds is 8. The van der Waals surface area contributed by atoms with Crippen molar-refractivity contribution in [3.05, 3.63) is 25.3 Å². The van der Waals surface area contributed by atoms with Crippen LogP contribution < -0.4 is 0 Å². The van der Waals surface area contributed by atoms with Crippen LogP contribution in [-0.2, 0) is 9.53 Å². The summed E-state index contributed by atoms with van der Waals surface area (Å²) in [7, 11) is 0. The summed E-state index contributed by atoms with van der Waals surface area (Å²) in [6, 6.07) is 0. The summed E-state index contributed by atoms with van der Waals surface area (Å²) >= 11 is 0. The van der Waals surface area contributed by atoms with Crippen LogP contribution in [0, 0.1) is 17.8 Å². The molecule has 0 aromatic heterocycles. The Morgan fingerprint density at radius 1 is 1.39 bits per heavy atom. The number of allylic oxidation sites excluding steroid dienone is 1. The third kappa shape index (κ3) is 5.72. The summed E-state index contributed by atoms with van der Waals surface area (Å²) in [5, 5.41) is 0. The number of esters is 1. The molecule has 100 valence electrons. The molecule has 2 heteroatoms. The van der Waals surface area contributed by atoms with Gasteiger partial charge < -0.3 is 4.74 Å². The van der Waals surface area contributed by atoms with Crippen LogP contribution in [-0.4, -0.2) is 11.6 Å². The average Bonchev–Trinajstić information content (AvgIpc) is 2.25. The summed E-state index contributed by atoms with van der Waals surface area (Å²) in [6.45, 7) is 13.0. The smallest absolute Gasteiger partial charge is 0.304 e. The fraction of sp³-hybridized carbons (Fsp3) is 0.562. The van der Waals surface area contributed by atoms with Gasteiger partial charge in [0.15, 0.2) is 5.60 Å². The molecule has 0 aliphatic carbocycles. The fourth-order valence-corrected chi connectivity index (χ4v) is 2.15. The first-order valence-electron chi connectivity index (χ1n) is 6.20. The van der Waals surface area contributed by atoms with Crippen molar-refractivity contribution in [2.75, 3.05) is 0 Å². The molecule has 0 rings (SSSR count).